The van der Waals surface area contributed by atoms with Gasteiger partial charge in [0, 0.05) is 11.6 Å². The molecule has 6 saturated carbocycles. The normalized spacial score (nSPS) is 51.0. The van der Waals surface area contributed by atoms with Gasteiger partial charge >= 0.3 is 6.03 Å². The van der Waals surface area contributed by atoms with Gasteiger partial charge in [-0.25, -0.2) is 4.79 Å². The number of rotatable bonds is 3. The maximum atomic E-state index is 12.7. The Balaban J connectivity index is 1.20. The molecule has 3 heteroatoms. The quantitative estimate of drug-likeness (QED) is 0.809. The lowest BCUT2D eigenvalue weighted by Gasteiger charge is -2.56. The van der Waals surface area contributed by atoms with Crippen molar-refractivity contribution in [3.63, 3.8) is 0 Å². The summed E-state index contributed by atoms with van der Waals surface area (Å²) in [6.45, 7) is 2.24. The van der Waals surface area contributed by atoms with E-state index in [4.69, 9.17) is 0 Å². The first kappa shape index (κ1) is 14.6. The van der Waals surface area contributed by atoms with E-state index in [1.54, 1.807) is 0 Å². The summed E-state index contributed by atoms with van der Waals surface area (Å²) in [6.07, 6.45) is 13.7. The molecule has 0 radical (unpaired) electrons. The smallest absolute Gasteiger partial charge is 0.315 e. The molecule has 4 atom stereocenters. The number of amides is 2. The highest BCUT2D eigenvalue weighted by molar-refractivity contribution is 5.75. The molecule has 6 bridgehead atoms. The molecule has 0 aromatic heterocycles. The number of carbonyl (C=O) groups is 1. The molecule has 0 aliphatic heterocycles. The van der Waals surface area contributed by atoms with Crippen LogP contribution in [-0.4, -0.2) is 17.6 Å². The largest absolute Gasteiger partial charge is 0.335 e. The summed E-state index contributed by atoms with van der Waals surface area (Å²) >= 11 is 0. The first-order valence-corrected chi connectivity index (χ1v) is 10.2. The van der Waals surface area contributed by atoms with Crippen molar-refractivity contribution in [1.82, 2.24) is 10.6 Å². The van der Waals surface area contributed by atoms with Gasteiger partial charge in [-0.1, -0.05) is 6.42 Å². The molecule has 2 amide bonds. The van der Waals surface area contributed by atoms with Gasteiger partial charge < -0.3 is 10.6 Å². The van der Waals surface area contributed by atoms with Crippen LogP contribution >= 0.6 is 0 Å². The summed E-state index contributed by atoms with van der Waals surface area (Å²) in [7, 11) is 0. The van der Waals surface area contributed by atoms with E-state index < -0.39 is 0 Å². The zero-order valence-corrected chi connectivity index (χ0v) is 14.5. The minimum absolute atomic E-state index is 0.127. The third-order valence-electron chi connectivity index (χ3n) is 8.21. The van der Waals surface area contributed by atoms with Gasteiger partial charge in [0.2, 0.25) is 0 Å². The van der Waals surface area contributed by atoms with Crippen LogP contribution in [-0.2, 0) is 0 Å². The van der Waals surface area contributed by atoms with Gasteiger partial charge in [-0.2, -0.15) is 0 Å². The van der Waals surface area contributed by atoms with E-state index >= 15 is 0 Å². The number of urea groups is 1. The van der Waals surface area contributed by atoms with Gasteiger partial charge in [-0.3, -0.25) is 0 Å². The van der Waals surface area contributed by atoms with Gasteiger partial charge in [0.05, 0.1) is 0 Å². The molecule has 6 fully saturated rings. The van der Waals surface area contributed by atoms with Crippen molar-refractivity contribution in [1.29, 1.82) is 0 Å². The van der Waals surface area contributed by atoms with Gasteiger partial charge in [-0.05, 0) is 100 Å². The fraction of sp³-hybridized carbons (Fsp3) is 0.950. The molecule has 0 aromatic carbocycles. The summed E-state index contributed by atoms with van der Waals surface area (Å²) in [5.41, 5.74) is 0.146. The van der Waals surface area contributed by atoms with Crippen molar-refractivity contribution in [2.45, 2.75) is 82.7 Å². The van der Waals surface area contributed by atoms with Crippen LogP contribution < -0.4 is 10.6 Å². The maximum absolute atomic E-state index is 12.7. The molecule has 6 aliphatic carbocycles. The van der Waals surface area contributed by atoms with Crippen LogP contribution in [0.15, 0.2) is 0 Å². The fourth-order valence-corrected chi connectivity index (χ4v) is 7.76. The Bertz CT molecular complexity index is 467. The van der Waals surface area contributed by atoms with Crippen LogP contribution in [0.2, 0.25) is 0 Å². The number of carbonyl (C=O) groups excluding carboxylic acids is 1. The predicted octanol–water partition coefficient (Wildman–Crippen LogP) is 4.08. The van der Waals surface area contributed by atoms with Crippen molar-refractivity contribution < 1.29 is 4.79 Å². The zero-order valence-electron chi connectivity index (χ0n) is 14.5. The first-order chi connectivity index (χ1) is 11.1. The Morgan fingerprint density at radius 3 is 2.09 bits per heavy atom. The summed E-state index contributed by atoms with van der Waals surface area (Å²) in [5, 5.41) is 6.80. The Hall–Kier alpha value is -0.730. The van der Waals surface area contributed by atoms with Crippen LogP contribution in [0.4, 0.5) is 4.79 Å². The lowest BCUT2D eigenvalue weighted by atomic mass is 9.53. The van der Waals surface area contributed by atoms with E-state index in [1.807, 2.05) is 0 Å². The van der Waals surface area contributed by atoms with Crippen molar-refractivity contribution >= 4 is 6.03 Å². The Morgan fingerprint density at radius 2 is 1.57 bits per heavy atom. The number of nitrogens with one attached hydrogen (secondary N) is 2. The van der Waals surface area contributed by atoms with E-state index in [9.17, 15) is 4.79 Å². The zero-order chi connectivity index (χ0) is 15.6. The molecule has 0 heterocycles. The van der Waals surface area contributed by atoms with E-state index in [0.29, 0.717) is 6.04 Å². The summed E-state index contributed by atoms with van der Waals surface area (Å²) in [4.78, 5) is 12.7. The van der Waals surface area contributed by atoms with Crippen molar-refractivity contribution in [2.75, 3.05) is 0 Å². The molecule has 4 unspecified atom stereocenters. The molecular weight excluding hydrogens is 284 g/mol. The number of fused-ring (bicyclic) bond motifs is 2. The van der Waals surface area contributed by atoms with Crippen LogP contribution in [0.5, 0.6) is 0 Å². The maximum Gasteiger partial charge on any atom is 0.315 e. The van der Waals surface area contributed by atoms with E-state index in [2.05, 4.69) is 17.6 Å². The Labute approximate surface area is 140 Å². The minimum atomic E-state index is 0.127. The van der Waals surface area contributed by atoms with E-state index in [0.717, 1.165) is 35.5 Å². The minimum Gasteiger partial charge on any atom is -0.335 e. The average molecular weight is 316 g/mol. The average Bonchev–Trinajstić information content (AvgIpc) is 3.07. The molecule has 2 N–H and O–H groups in total. The van der Waals surface area contributed by atoms with Crippen molar-refractivity contribution in [3.05, 3.63) is 0 Å². The molecule has 6 rings (SSSR count). The fourth-order valence-electron chi connectivity index (χ4n) is 7.76. The first-order valence-electron chi connectivity index (χ1n) is 10.2. The predicted molar refractivity (Wildman–Crippen MR) is 91.0 cm³/mol. The highest BCUT2D eigenvalue weighted by atomic mass is 16.2. The van der Waals surface area contributed by atoms with Crippen LogP contribution in [0.1, 0.15) is 71.1 Å². The SMILES string of the molecule is CC(NC(=O)NC12CC3CC(CC(C3)C1)C2)C1CC2CCC1C2. The lowest BCUT2D eigenvalue weighted by Crippen LogP contribution is -2.62. The van der Waals surface area contributed by atoms with Crippen molar-refractivity contribution in [2.24, 2.45) is 35.5 Å². The molecule has 0 spiro atoms. The molecular formula is C20H32N2O. The molecule has 128 valence electrons. The number of hydrogen-bond acceptors (Lipinski definition) is 1. The number of hydrogen-bond donors (Lipinski definition) is 2. The summed E-state index contributed by atoms with van der Waals surface area (Å²) < 4.78 is 0. The summed E-state index contributed by atoms with van der Waals surface area (Å²) in [5.74, 6) is 5.25. The standard InChI is InChI=1S/C20H32N2O/c1-12(18-8-13-2-3-17(18)7-13)21-19(23)22-20-9-14-4-15(10-20)6-16(5-14)11-20/h12-18H,2-11H2,1H3,(H2,21,22,23). The monoisotopic (exact) mass is 316 g/mol. The Kier molecular flexibility index (Phi) is 3.26. The highest BCUT2D eigenvalue weighted by Crippen LogP contribution is 2.55. The highest BCUT2D eigenvalue weighted by Gasteiger charge is 2.51. The van der Waals surface area contributed by atoms with E-state index in [-0.39, 0.29) is 11.6 Å². The molecule has 23 heavy (non-hydrogen) atoms. The topological polar surface area (TPSA) is 41.1 Å². The van der Waals surface area contributed by atoms with Crippen LogP contribution in [0, 0.1) is 35.5 Å². The molecule has 0 saturated heterocycles. The van der Waals surface area contributed by atoms with E-state index in [1.165, 1.54) is 64.2 Å². The van der Waals surface area contributed by atoms with Gasteiger partial charge in [0.15, 0.2) is 0 Å². The second-order valence-corrected chi connectivity index (χ2v) is 9.92. The molecule has 0 aromatic rings. The molecule has 3 nitrogen and oxygen atoms in total. The molecule has 6 aliphatic rings. The van der Waals surface area contributed by atoms with Gasteiger partial charge in [0.1, 0.15) is 0 Å². The lowest BCUT2D eigenvalue weighted by molar-refractivity contribution is -0.0137. The van der Waals surface area contributed by atoms with Crippen LogP contribution in [0.3, 0.4) is 0 Å². The third kappa shape index (κ3) is 2.49. The van der Waals surface area contributed by atoms with Crippen LogP contribution in [0.25, 0.3) is 0 Å². The Morgan fingerprint density at radius 1 is 0.913 bits per heavy atom. The van der Waals surface area contributed by atoms with Gasteiger partial charge in [-0.15, -0.1) is 0 Å². The van der Waals surface area contributed by atoms with Gasteiger partial charge in [0.25, 0.3) is 0 Å². The second-order valence-electron chi connectivity index (χ2n) is 9.92. The second kappa shape index (κ2) is 5.13. The third-order valence-corrected chi connectivity index (χ3v) is 8.21. The van der Waals surface area contributed by atoms with Crippen molar-refractivity contribution in [3.8, 4) is 0 Å². The summed E-state index contributed by atoms with van der Waals surface area (Å²) in [6, 6.07) is 0.474.